The van der Waals surface area contributed by atoms with Gasteiger partial charge >= 0.3 is 0 Å². The van der Waals surface area contributed by atoms with E-state index in [0.717, 1.165) is 24.8 Å². The van der Waals surface area contributed by atoms with Gasteiger partial charge in [0.1, 0.15) is 0 Å². The summed E-state index contributed by atoms with van der Waals surface area (Å²) in [5, 5.41) is 0. The quantitative estimate of drug-likeness (QED) is 0.805. The van der Waals surface area contributed by atoms with E-state index >= 15 is 0 Å². The zero-order chi connectivity index (χ0) is 14.5. The molecule has 0 aromatic heterocycles. The average molecular weight is 284 g/mol. The fourth-order valence-electron chi connectivity index (χ4n) is 1.73. The van der Waals surface area contributed by atoms with Gasteiger partial charge in [-0.2, -0.15) is 0 Å². The molecule has 0 aliphatic carbocycles. The molecule has 0 bridgehead atoms. The predicted octanol–water partition coefficient (Wildman–Crippen LogP) is 2.04. The van der Waals surface area contributed by atoms with E-state index in [9.17, 15) is 8.42 Å². The minimum Gasteiger partial charge on any atom is -0.324 e. The lowest BCUT2D eigenvalue weighted by atomic mass is 9.95. The van der Waals surface area contributed by atoms with Gasteiger partial charge in [-0.3, -0.25) is 0 Å². The Morgan fingerprint density at radius 2 is 1.63 bits per heavy atom. The van der Waals surface area contributed by atoms with Crippen LogP contribution < -0.4 is 10.5 Å². The number of sulfonamides is 1. The molecule has 0 unspecified atom stereocenters. The van der Waals surface area contributed by atoms with Crippen LogP contribution in [-0.2, 0) is 16.4 Å². The Morgan fingerprint density at radius 1 is 1.11 bits per heavy atom. The van der Waals surface area contributed by atoms with Crippen LogP contribution in [-0.4, -0.2) is 20.5 Å². The first-order valence-electron chi connectivity index (χ1n) is 6.74. The second-order valence-corrected chi connectivity index (χ2v) is 6.66. The van der Waals surface area contributed by atoms with Crippen molar-refractivity contribution >= 4 is 10.0 Å². The summed E-state index contributed by atoms with van der Waals surface area (Å²) in [6.07, 6.45) is 2.37. The summed E-state index contributed by atoms with van der Waals surface area (Å²) in [7, 11) is -3.47. The molecule has 0 aliphatic heterocycles. The molecule has 0 atom stereocenters. The average Bonchev–Trinajstić information content (AvgIpc) is 2.45. The lowest BCUT2D eigenvalue weighted by Gasteiger charge is -2.26. The third-order valence-electron chi connectivity index (χ3n) is 3.66. The Morgan fingerprint density at radius 3 is 2.05 bits per heavy atom. The van der Waals surface area contributed by atoms with Crippen LogP contribution in [0.4, 0.5) is 0 Å². The smallest absolute Gasteiger partial charge is 0.240 e. The van der Waals surface area contributed by atoms with Gasteiger partial charge in [0, 0.05) is 12.1 Å². The number of aryl methyl sites for hydroxylation is 1. The van der Waals surface area contributed by atoms with Gasteiger partial charge in [-0.15, -0.1) is 0 Å². The van der Waals surface area contributed by atoms with Crippen molar-refractivity contribution in [2.45, 2.75) is 50.5 Å². The molecule has 0 radical (unpaired) electrons. The van der Waals surface area contributed by atoms with Crippen molar-refractivity contribution in [1.29, 1.82) is 0 Å². The van der Waals surface area contributed by atoms with Gasteiger partial charge in [0.25, 0.3) is 0 Å². The molecule has 4 nitrogen and oxygen atoms in total. The highest BCUT2D eigenvalue weighted by Gasteiger charge is 2.23. The summed E-state index contributed by atoms with van der Waals surface area (Å²) >= 11 is 0. The molecule has 0 heterocycles. The Kier molecular flexibility index (Phi) is 5.52. The Bertz CT molecular complexity index is 491. The molecule has 3 N–H and O–H groups in total. The van der Waals surface area contributed by atoms with Crippen LogP contribution in [0.2, 0.25) is 0 Å². The van der Waals surface area contributed by atoms with Crippen molar-refractivity contribution in [1.82, 2.24) is 4.72 Å². The first-order valence-corrected chi connectivity index (χ1v) is 8.22. The Labute approximate surface area is 116 Å². The molecule has 0 aliphatic rings. The van der Waals surface area contributed by atoms with E-state index in [1.165, 1.54) is 0 Å². The van der Waals surface area contributed by atoms with Crippen molar-refractivity contribution in [2.24, 2.45) is 5.73 Å². The molecule has 1 rings (SSSR count). The third kappa shape index (κ3) is 4.30. The highest BCUT2D eigenvalue weighted by atomic mass is 32.2. The molecule has 0 amide bonds. The minimum absolute atomic E-state index is 0.262. The van der Waals surface area contributed by atoms with E-state index in [-0.39, 0.29) is 6.54 Å². The number of benzene rings is 1. The summed E-state index contributed by atoms with van der Waals surface area (Å²) in [6, 6.07) is 6.95. The number of hydrogen-bond acceptors (Lipinski definition) is 3. The molecule has 0 saturated carbocycles. The summed E-state index contributed by atoms with van der Waals surface area (Å²) < 4.78 is 26.9. The number of rotatable bonds is 7. The third-order valence-corrected chi connectivity index (χ3v) is 5.08. The lowest BCUT2D eigenvalue weighted by molar-refractivity contribution is 0.392. The largest absolute Gasteiger partial charge is 0.324 e. The van der Waals surface area contributed by atoms with Gasteiger partial charge in [0.15, 0.2) is 0 Å². The van der Waals surface area contributed by atoms with Gasteiger partial charge in [-0.25, -0.2) is 13.1 Å². The zero-order valence-electron chi connectivity index (χ0n) is 11.9. The minimum atomic E-state index is -3.47. The lowest BCUT2D eigenvalue weighted by Crippen LogP contribution is -2.49. The van der Waals surface area contributed by atoms with Crippen molar-refractivity contribution in [2.75, 3.05) is 6.54 Å². The maximum absolute atomic E-state index is 12.1. The van der Waals surface area contributed by atoms with Gasteiger partial charge in [0.05, 0.1) is 4.90 Å². The Balaban J connectivity index is 2.80. The summed E-state index contributed by atoms with van der Waals surface area (Å²) in [5.41, 5.74) is 6.74. The van der Waals surface area contributed by atoms with Crippen LogP contribution in [0, 0.1) is 0 Å². The Hall–Kier alpha value is -0.910. The van der Waals surface area contributed by atoms with Crippen LogP contribution >= 0.6 is 0 Å². The molecule has 0 fully saturated rings. The topological polar surface area (TPSA) is 72.2 Å². The fraction of sp³-hybridized carbons (Fsp3) is 0.571. The maximum Gasteiger partial charge on any atom is 0.240 e. The second kappa shape index (κ2) is 6.50. The zero-order valence-corrected chi connectivity index (χ0v) is 12.8. The van der Waals surface area contributed by atoms with E-state index < -0.39 is 15.6 Å². The van der Waals surface area contributed by atoms with Crippen LogP contribution in [0.3, 0.4) is 0 Å². The van der Waals surface area contributed by atoms with Crippen LogP contribution in [0.5, 0.6) is 0 Å². The number of nitrogens with one attached hydrogen (secondary N) is 1. The summed E-state index contributed by atoms with van der Waals surface area (Å²) in [4.78, 5) is 0.291. The highest BCUT2D eigenvalue weighted by molar-refractivity contribution is 7.89. The summed E-state index contributed by atoms with van der Waals surface area (Å²) in [5.74, 6) is 0. The van der Waals surface area contributed by atoms with Gasteiger partial charge in [-0.05, 0) is 37.0 Å². The van der Waals surface area contributed by atoms with E-state index in [0.29, 0.717) is 4.90 Å². The second-order valence-electron chi connectivity index (χ2n) is 4.89. The van der Waals surface area contributed by atoms with Gasteiger partial charge < -0.3 is 5.73 Å². The van der Waals surface area contributed by atoms with Crippen molar-refractivity contribution in [3.8, 4) is 0 Å². The van der Waals surface area contributed by atoms with Crippen molar-refractivity contribution < 1.29 is 8.42 Å². The molecule has 19 heavy (non-hydrogen) atoms. The molecule has 0 saturated heterocycles. The molecule has 1 aromatic carbocycles. The van der Waals surface area contributed by atoms with E-state index in [1.54, 1.807) is 12.1 Å². The first-order chi connectivity index (χ1) is 8.87. The predicted molar refractivity (Wildman–Crippen MR) is 78.5 cm³/mol. The number of nitrogens with two attached hydrogens (primary N) is 1. The van der Waals surface area contributed by atoms with E-state index in [2.05, 4.69) is 4.72 Å². The molecule has 108 valence electrons. The standard InChI is InChI=1S/C14H24N2O2S/c1-4-12-7-9-13(10-8-12)19(17,18)16-11-14(15,5-2)6-3/h7-10,16H,4-6,11,15H2,1-3H3. The maximum atomic E-state index is 12.1. The highest BCUT2D eigenvalue weighted by Crippen LogP contribution is 2.14. The van der Waals surface area contributed by atoms with Gasteiger partial charge in [0.2, 0.25) is 10.0 Å². The molecule has 1 aromatic rings. The van der Waals surface area contributed by atoms with Gasteiger partial charge in [-0.1, -0.05) is 32.9 Å². The van der Waals surface area contributed by atoms with Crippen LogP contribution in [0.15, 0.2) is 29.2 Å². The van der Waals surface area contributed by atoms with Crippen LogP contribution in [0.1, 0.15) is 39.2 Å². The van der Waals surface area contributed by atoms with E-state index in [1.807, 2.05) is 32.9 Å². The molecule has 5 heteroatoms. The van der Waals surface area contributed by atoms with Crippen LogP contribution in [0.25, 0.3) is 0 Å². The summed E-state index contributed by atoms with van der Waals surface area (Å²) in [6.45, 7) is 6.23. The molecular weight excluding hydrogens is 260 g/mol. The normalized spacial score (nSPS) is 12.6. The number of hydrogen-bond donors (Lipinski definition) is 2. The fourth-order valence-corrected chi connectivity index (χ4v) is 2.86. The van der Waals surface area contributed by atoms with Crippen molar-refractivity contribution in [3.05, 3.63) is 29.8 Å². The SMILES string of the molecule is CCc1ccc(S(=O)(=O)NCC(N)(CC)CC)cc1. The van der Waals surface area contributed by atoms with E-state index in [4.69, 9.17) is 5.73 Å². The molecule has 0 spiro atoms. The van der Waals surface area contributed by atoms with Crippen molar-refractivity contribution in [3.63, 3.8) is 0 Å². The first kappa shape index (κ1) is 16.1. The monoisotopic (exact) mass is 284 g/mol. The molecular formula is C14H24N2O2S.